The maximum absolute atomic E-state index is 12.9. The van der Waals surface area contributed by atoms with E-state index in [1.165, 1.54) is 12.5 Å². The van der Waals surface area contributed by atoms with Gasteiger partial charge in [-0.25, -0.2) is 18.7 Å². The number of nitrogens with zero attached hydrogens (tertiary/aromatic N) is 4. The van der Waals surface area contributed by atoms with Gasteiger partial charge in [0.25, 0.3) is 12.3 Å². The molecular formula is C19H22F2N4O. The van der Waals surface area contributed by atoms with Crippen LogP contribution in [0.1, 0.15) is 34.0 Å². The molecule has 3 rings (SSSR count). The number of carbonyl (C=O) groups is 1. The average molecular weight is 360 g/mol. The zero-order valence-electron chi connectivity index (χ0n) is 14.7. The summed E-state index contributed by atoms with van der Waals surface area (Å²) in [7, 11) is 0. The first kappa shape index (κ1) is 18.4. The van der Waals surface area contributed by atoms with Crippen molar-refractivity contribution in [3.8, 4) is 0 Å². The highest BCUT2D eigenvalue weighted by Crippen LogP contribution is 2.18. The lowest BCUT2D eigenvalue weighted by Crippen LogP contribution is -2.49. The maximum Gasteiger partial charge on any atom is 0.280 e. The minimum atomic E-state index is -2.71. The molecule has 0 N–H and O–H groups in total. The van der Waals surface area contributed by atoms with Crippen molar-refractivity contribution in [2.75, 3.05) is 32.7 Å². The van der Waals surface area contributed by atoms with E-state index in [2.05, 4.69) is 27.0 Å². The summed E-state index contributed by atoms with van der Waals surface area (Å²) < 4.78 is 25.8. The van der Waals surface area contributed by atoms with Crippen LogP contribution in [-0.4, -0.2) is 58.4 Å². The second-order valence-electron chi connectivity index (χ2n) is 6.40. The van der Waals surface area contributed by atoms with Crippen LogP contribution >= 0.6 is 0 Å². The van der Waals surface area contributed by atoms with E-state index in [9.17, 15) is 13.6 Å². The number of hydrogen-bond donors (Lipinski definition) is 0. The number of amides is 1. The Kier molecular flexibility index (Phi) is 5.88. The highest BCUT2D eigenvalue weighted by atomic mass is 19.3. The van der Waals surface area contributed by atoms with E-state index in [1.54, 1.807) is 4.90 Å². The molecule has 0 spiro atoms. The van der Waals surface area contributed by atoms with Gasteiger partial charge in [0.05, 0.1) is 0 Å². The molecule has 2 heterocycles. The molecule has 0 saturated carbocycles. The fourth-order valence-corrected chi connectivity index (χ4v) is 3.08. The van der Waals surface area contributed by atoms with Gasteiger partial charge in [-0.2, -0.15) is 0 Å². The molecule has 0 radical (unpaired) electrons. The van der Waals surface area contributed by atoms with Crippen molar-refractivity contribution < 1.29 is 13.6 Å². The number of carbonyl (C=O) groups excluding carboxylic acids is 1. The Morgan fingerprint density at radius 2 is 1.81 bits per heavy atom. The molecule has 0 atom stereocenters. The summed E-state index contributed by atoms with van der Waals surface area (Å²) >= 11 is 0. The van der Waals surface area contributed by atoms with Crippen molar-refractivity contribution in [2.45, 2.75) is 19.8 Å². The quantitative estimate of drug-likeness (QED) is 0.823. The molecule has 138 valence electrons. The van der Waals surface area contributed by atoms with Crippen molar-refractivity contribution in [1.29, 1.82) is 0 Å². The zero-order valence-corrected chi connectivity index (χ0v) is 14.7. The van der Waals surface area contributed by atoms with E-state index in [-0.39, 0.29) is 17.4 Å². The Morgan fingerprint density at radius 3 is 2.46 bits per heavy atom. The first-order chi connectivity index (χ1) is 12.5. The van der Waals surface area contributed by atoms with Crippen molar-refractivity contribution >= 4 is 5.91 Å². The monoisotopic (exact) mass is 360 g/mol. The molecule has 0 unspecified atom stereocenters. The molecule has 1 amide bonds. The predicted molar refractivity (Wildman–Crippen MR) is 94.2 cm³/mol. The third-order valence-corrected chi connectivity index (χ3v) is 4.52. The lowest BCUT2D eigenvalue weighted by molar-refractivity contribution is 0.0631. The van der Waals surface area contributed by atoms with Crippen LogP contribution < -0.4 is 0 Å². The van der Waals surface area contributed by atoms with E-state index in [0.717, 1.165) is 32.1 Å². The average Bonchev–Trinajstić information content (AvgIpc) is 2.66. The molecule has 1 saturated heterocycles. The molecule has 1 aliphatic rings. The van der Waals surface area contributed by atoms with Crippen molar-refractivity contribution in [3.05, 3.63) is 59.2 Å². The number of aromatic nitrogens is 2. The first-order valence-corrected chi connectivity index (χ1v) is 8.72. The molecule has 7 heteroatoms. The zero-order chi connectivity index (χ0) is 18.5. The van der Waals surface area contributed by atoms with Gasteiger partial charge in [-0.1, -0.05) is 30.3 Å². The van der Waals surface area contributed by atoms with E-state index in [0.29, 0.717) is 13.1 Å². The molecule has 1 fully saturated rings. The van der Waals surface area contributed by atoms with Gasteiger partial charge in [0, 0.05) is 32.7 Å². The number of rotatable bonds is 5. The molecule has 0 bridgehead atoms. The van der Waals surface area contributed by atoms with E-state index >= 15 is 0 Å². The molecule has 1 aliphatic heterocycles. The molecule has 1 aromatic carbocycles. The van der Waals surface area contributed by atoms with Gasteiger partial charge >= 0.3 is 0 Å². The third kappa shape index (κ3) is 4.60. The number of benzene rings is 1. The van der Waals surface area contributed by atoms with Gasteiger partial charge in [-0.3, -0.25) is 9.69 Å². The normalized spacial score (nSPS) is 15.5. The summed E-state index contributed by atoms with van der Waals surface area (Å²) in [5, 5.41) is 0. The fourth-order valence-electron chi connectivity index (χ4n) is 3.08. The topological polar surface area (TPSA) is 49.3 Å². The Morgan fingerprint density at radius 1 is 1.12 bits per heavy atom. The maximum atomic E-state index is 12.9. The van der Waals surface area contributed by atoms with Crippen LogP contribution in [-0.2, 0) is 6.42 Å². The number of alkyl halides is 2. The van der Waals surface area contributed by atoms with Gasteiger partial charge in [-0.05, 0) is 25.0 Å². The van der Waals surface area contributed by atoms with Crippen molar-refractivity contribution in [1.82, 2.24) is 19.8 Å². The SMILES string of the molecule is Cc1nc(C(=O)N2CCN(CCc3ccccc3)CC2)cc(C(F)F)n1. The minimum absolute atomic E-state index is 0.0468. The van der Waals surface area contributed by atoms with Crippen LogP contribution in [0.25, 0.3) is 0 Å². The van der Waals surface area contributed by atoms with Crippen LogP contribution in [0.2, 0.25) is 0 Å². The molecule has 1 aromatic heterocycles. The van der Waals surface area contributed by atoms with Crippen LogP contribution in [0.4, 0.5) is 8.78 Å². The van der Waals surface area contributed by atoms with Crippen molar-refractivity contribution in [3.63, 3.8) is 0 Å². The lowest BCUT2D eigenvalue weighted by Gasteiger charge is -2.34. The van der Waals surface area contributed by atoms with Crippen LogP contribution in [0.15, 0.2) is 36.4 Å². The highest BCUT2D eigenvalue weighted by Gasteiger charge is 2.24. The number of piperazine rings is 1. The Hall–Kier alpha value is -2.41. The van der Waals surface area contributed by atoms with Gasteiger partial charge in [0.15, 0.2) is 0 Å². The summed E-state index contributed by atoms with van der Waals surface area (Å²) in [6.07, 6.45) is -1.74. The number of halogens is 2. The largest absolute Gasteiger partial charge is 0.335 e. The Bertz CT molecular complexity index is 746. The number of hydrogen-bond acceptors (Lipinski definition) is 4. The minimum Gasteiger partial charge on any atom is -0.335 e. The summed E-state index contributed by atoms with van der Waals surface area (Å²) in [6, 6.07) is 11.4. The summed E-state index contributed by atoms with van der Waals surface area (Å²) in [6.45, 7) is 5.13. The van der Waals surface area contributed by atoms with E-state index in [1.807, 2.05) is 18.2 Å². The van der Waals surface area contributed by atoms with Crippen LogP contribution in [0.5, 0.6) is 0 Å². The molecule has 0 aliphatic carbocycles. The summed E-state index contributed by atoms with van der Waals surface area (Å²) in [5.41, 5.74) is 0.940. The molecule has 5 nitrogen and oxygen atoms in total. The van der Waals surface area contributed by atoms with Crippen molar-refractivity contribution in [2.24, 2.45) is 0 Å². The highest BCUT2D eigenvalue weighted by molar-refractivity contribution is 5.92. The van der Waals surface area contributed by atoms with E-state index < -0.39 is 12.1 Å². The van der Waals surface area contributed by atoms with Gasteiger partial charge < -0.3 is 4.90 Å². The number of aryl methyl sites for hydroxylation is 1. The molecular weight excluding hydrogens is 338 g/mol. The first-order valence-electron chi connectivity index (χ1n) is 8.72. The predicted octanol–water partition coefficient (Wildman–Crippen LogP) is 2.72. The fraction of sp³-hybridized carbons (Fsp3) is 0.421. The van der Waals surface area contributed by atoms with Gasteiger partial charge in [0.2, 0.25) is 0 Å². The Balaban J connectivity index is 1.55. The van der Waals surface area contributed by atoms with Gasteiger partial charge in [0.1, 0.15) is 17.2 Å². The summed E-state index contributed by atoms with van der Waals surface area (Å²) in [5.74, 6) is -0.118. The summed E-state index contributed by atoms with van der Waals surface area (Å²) in [4.78, 5) is 24.3. The lowest BCUT2D eigenvalue weighted by atomic mass is 10.1. The van der Waals surface area contributed by atoms with Gasteiger partial charge in [-0.15, -0.1) is 0 Å². The second-order valence-corrected chi connectivity index (χ2v) is 6.40. The second kappa shape index (κ2) is 8.31. The molecule has 2 aromatic rings. The van der Waals surface area contributed by atoms with Crippen LogP contribution in [0, 0.1) is 6.92 Å². The van der Waals surface area contributed by atoms with E-state index in [4.69, 9.17) is 0 Å². The Labute approximate surface area is 151 Å². The smallest absolute Gasteiger partial charge is 0.280 e. The van der Waals surface area contributed by atoms with Crippen LogP contribution in [0.3, 0.4) is 0 Å². The molecule has 26 heavy (non-hydrogen) atoms. The standard InChI is InChI=1S/C19H22F2N4O/c1-14-22-16(18(20)21)13-17(23-14)19(26)25-11-9-24(10-12-25)8-7-15-5-3-2-4-6-15/h2-6,13,18H,7-12H2,1H3. The third-order valence-electron chi connectivity index (χ3n) is 4.52.